The summed E-state index contributed by atoms with van der Waals surface area (Å²) in [5.74, 6) is 0.0421. The molecule has 0 saturated heterocycles. The van der Waals surface area contributed by atoms with Crippen LogP contribution in [0.1, 0.15) is 17.5 Å². The number of carbonyl (C=O) groups excluding carboxylic acids is 1. The van der Waals surface area contributed by atoms with Crippen molar-refractivity contribution in [2.24, 2.45) is 0 Å². The van der Waals surface area contributed by atoms with E-state index in [-0.39, 0.29) is 5.91 Å². The van der Waals surface area contributed by atoms with Crippen molar-refractivity contribution in [1.82, 2.24) is 15.1 Å². The zero-order valence-corrected chi connectivity index (χ0v) is 17.9. The predicted molar refractivity (Wildman–Crippen MR) is 125 cm³/mol. The highest BCUT2D eigenvalue weighted by molar-refractivity contribution is 6.30. The average molecular weight is 430 g/mol. The number of aromatic nitrogens is 2. The summed E-state index contributed by atoms with van der Waals surface area (Å²) in [6, 6.07) is 27.8. The maximum atomic E-state index is 12.4. The van der Waals surface area contributed by atoms with Crippen LogP contribution in [0.4, 0.5) is 0 Å². The molecule has 0 saturated carbocycles. The molecule has 31 heavy (non-hydrogen) atoms. The first kappa shape index (κ1) is 20.9. The number of amides is 1. The van der Waals surface area contributed by atoms with E-state index in [1.807, 2.05) is 95.8 Å². The van der Waals surface area contributed by atoms with Crippen molar-refractivity contribution in [2.45, 2.75) is 19.3 Å². The Morgan fingerprint density at radius 2 is 1.55 bits per heavy atom. The van der Waals surface area contributed by atoms with Crippen molar-refractivity contribution >= 4 is 17.5 Å². The van der Waals surface area contributed by atoms with Gasteiger partial charge in [0.15, 0.2) is 0 Å². The van der Waals surface area contributed by atoms with Crippen molar-refractivity contribution < 1.29 is 4.79 Å². The number of para-hydroxylation sites is 1. The number of hydrogen-bond donors (Lipinski definition) is 1. The normalized spacial score (nSPS) is 10.7. The molecular weight excluding hydrogens is 406 g/mol. The van der Waals surface area contributed by atoms with Crippen LogP contribution in [-0.4, -0.2) is 22.2 Å². The van der Waals surface area contributed by atoms with Crippen LogP contribution < -0.4 is 5.32 Å². The summed E-state index contributed by atoms with van der Waals surface area (Å²) < 4.78 is 1.89. The molecule has 0 atom stereocenters. The van der Waals surface area contributed by atoms with Crippen molar-refractivity contribution in [3.63, 3.8) is 0 Å². The summed E-state index contributed by atoms with van der Waals surface area (Å²) in [6.45, 7) is 0.606. The van der Waals surface area contributed by atoms with E-state index in [0.717, 1.165) is 39.5 Å². The smallest absolute Gasteiger partial charge is 0.220 e. The van der Waals surface area contributed by atoms with E-state index in [4.69, 9.17) is 16.7 Å². The van der Waals surface area contributed by atoms with Gasteiger partial charge in [-0.05, 0) is 48.2 Å². The van der Waals surface area contributed by atoms with Gasteiger partial charge in [-0.2, -0.15) is 5.10 Å². The van der Waals surface area contributed by atoms with E-state index in [2.05, 4.69) is 5.32 Å². The first-order chi connectivity index (χ1) is 15.2. The average Bonchev–Trinajstić information content (AvgIpc) is 3.25. The van der Waals surface area contributed by atoms with Gasteiger partial charge in [-0.3, -0.25) is 4.79 Å². The van der Waals surface area contributed by atoms with Crippen LogP contribution >= 0.6 is 11.6 Å². The summed E-state index contributed by atoms with van der Waals surface area (Å²) in [4.78, 5) is 12.4. The zero-order valence-electron chi connectivity index (χ0n) is 17.2. The molecule has 5 heteroatoms. The van der Waals surface area contributed by atoms with Gasteiger partial charge in [-0.25, -0.2) is 4.68 Å². The zero-order chi connectivity index (χ0) is 21.5. The summed E-state index contributed by atoms with van der Waals surface area (Å²) in [5.41, 5.74) is 5.18. The van der Waals surface area contributed by atoms with Gasteiger partial charge < -0.3 is 5.32 Å². The number of nitrogens with one attached hydrogen (secondary N) is 1. The molecule has 1 N–H and O–H groups in total. The highest BCUT2D eigenvalue weighted by atomic mass is 35.5. The Balaban J connectivity index is 1.41. The Labute approximate surface area is 187 Å². The molecule has 0 spiro atoms. The minimum Gasteiger partial charge on any atom is -0.356 e. The highest BCUT2D eigenvalue weighted by Crippen LogP contribution is 2.24. The maximum absolute atomic E-state index is 12.4. The molecule has 0 aliphatic rings. The number of carbonyl (C=O) groups is 1. The fraction of sp³-hybridized carbons (Fsp3) is 0.154. The second kappa shape index (κ2) is 10.1. The van der Waals surface area contributed by atoms with E-state index in [9.17, 15) is 4.79 Å². The van der Waals surface area contributed by atoms with Gasteiger partial charge in [0, 0.05) is 29.7 Å². The topological polar surface area (TPSA) is 46.9 Å². The Bertz CT molecular complexity index is 1120. The van der Waals surface area contributed by atoms with Gasteiger partial charge in [0.2, 0.25) is 5.91 Å². The molecule has 0 fully saturated rings. The second-order valence-corrected chi connectivity index (χ2v) is 7.81. The van der Waals surface area contributed by atoms with Crippen LogP contribution in [0.15, 0.2) is 91.1 Å². The van der Waals surface area contributed by atoms with Crippen molar-refractivity contribution in [2.75, 3.05) is 6.54 Å². The molecule has 4 nitrogen and oxygen atoms in total. The van der Waals surface area contributed by atoms with E-state index in [0.29, 0.717) is 19.4 Å². The minimum absolute atomic E-state index is 0.0421. The third-order valence-electron chi connectivity index (χ3n) is 5.13. The van der Waals surface area contributed by atoms with Gasteiger partial charge in [0.25, 0.3) is 0 Å². The van der Waals surface area contributed by atoms with Crippen LogP contribution in [0.2, 0.25) is 5.02 Å². The summed E-state index contributed by atoms with van der Waals surface area (Å²) in [7, 11) is 0. The number of nitrogens with zero attached hydrogens (tertiary/aromatic N) is 2. The third-order valence-corrected chi connectivity index (χ3v) is 5.38. The predicted octanol–water partition coefficient (Wildman–Crippen LogP) is 5.48. The minimum atomic E-state index is 0.0421. The number of hydrogen-bond acceptors (Lipinski definition) is 2. The van der Waals surface area contributed by atoms with Crippen molar-refractivity contribution in [3.05, 3.63) is 107 Å². The van der Waals surface area contributed by atoms with Crippen LogP contribution in [0.5, 0.6) is 0 Å². The molecule has 0 unspecified atom stereocenters. The molecule has 3 aromatic carbocycles. The van der Waals surface area contributed by atoms with Crippen LogP contribution in [0.25, 0.3) is 16.9 Å². The first-order valence-corrected chi connectivity index (χ1v) is 10.8. The van der Waals surface area contributed by atoms with Gasteiger partial charge in [0.05, 0.1) is 11.4 Å². The molecule has 0 aliphatic heterocycles. The Morgan fingerprint density at radius 3 is 2.26 bits per heavy atom. The molecule has 4 rings (SSSR count). The van der Waals surface area contributed by atoms with Crippen molar-refractivity contribution in [1.29, 1.82) is 0 Å². The lowest BCUT2D eigenvalue weighted by atomic mass is 10.0. The lowest BCUT2D eigenvalue weighted by Gasteiger charge is -2.06. The molecule has 4 aromatic rings. The standard InChI is InChI=1S/C26H24ClN3O/c27-23-14-11-20(12-15-23)17-18-28-25(31)16-13-22-19-30(24-9-5-2-6-10-24)29-26(22)21-7-3-1-4-8-21/h1-12,14-15,19H,13,16-18H2,(H,28,31). The fourth-order valence-electron chi connectivity index (χ4n) is 3.48. The SMILES string of the molecule is O=C(CCc1cn(-c2ccccc2)nc1-c1ccccc1)NCCc1ccc(Cl)cc1. The molecule has 1 amide bonds. The largest absolute Gasteiger partial charge is 0.356 e. The molecular formula is C26H24ClN3O. The third kappa shape index (κ3) is 5.62. The first-order valence-electron chi connectivity index (χ1n) is 10.4. The molecule has 0 bridgehead atoms. The highest BCUT2D eigenvalue weighted by Gasteiger charge is 2.13. The lowest BCUT2D eigenvalue weighted by molar-refractivity contribution is -0.121. The van der Waals surface area contributed by atoms with Gasteiger partial charge >= 0.3 is 0 Å². The fourth-order valence-corrected chi connectivity index (χ4v) is 3.60. The van der Waals surface area contributed by atoms with E-state index >= 15 is 0 Å². The van der Waals surface area contributed by atoms with E-state index < -0.39 is 0 Å². The Morgan fingerprint density at radius 1 is 0.871 bits per heavy atom. The van der Waals surface area contributed by atoms with E-state index in [1.54, 1.807) is 0 Å². The lowest BCUT2D eigenvalue weighted by Crippen LogP contribution is -2.25. The van der Waals surface area contributed by atoms with Gasteiger partial charge in [0.1, 0.15) is 0 Å². The van der Waals surface area contributed by atoms with Crippen molar-refractivity contribution in [3.8, 4) is 16.9 Å². The quantitative estimate of drug-likeness (QED) is 0.403. The number of aryl methyl sites for hydroxylation is 1. The maximum Gasteiger partial charge on any atom is 0.220 e. The Hall–Kier alpha value is -3.37. The van der Waals surface area contributed by atoms with Crippen LogP contribution in [0, 0.1) is 0 Å². The van der Waals surface area contributed by atoms with Crippen LogP contribution in [-0.2, 0) is 17.6 Å². The van der Waals surface area contributed by atoms with Crippen LogP contribution in [0.3, 0.4) is 0 Å². The van der Waals surface area contributed by atoms with Gasteiger partial charge in [-0.15, -0.1) is 0 Å². The monoisotopic (exact) mass is 429 g/mol. The molecule has 156 valence electrons. The number of rotatable bonds is 8. The second-order valence-electron chi connectivity index (χ2n) is 7.38. The molecule has 0 aliphatic carbocycles. The summed E-state index contributed by atoms with van der Waals surface area (Å²) >= 11 is 5.92. The number of halogens is 1. The molecule has 1 heterocycles. The number of benzene rings is 3. The molecule has 0 radical (unpaired) electrons. The summed E-state index contributed by atoms with van der Waals surface area (Å²) in [5, 5.41) is 8.55. The molecule has 1 aromatic heterocycles. The summed E-state index contributed by atoms with van der Waals surface area (Å²) in [6.07, 6.45) is 3.85. The van der Waals surface area contributed by atoms with Gasteiger partial charge in [-0.1, -0.05) is 72.3 Å². The van der Waals surface area contributed by atoms with E-state index in [1.165, 1.54) is 0 Å². The Kier molecular flexibility index (Phi) is 6.80.